The minimum absolute atomic E-state index is 0.403. The van der Waals surface area contributed by atoms with Gasteiger partial charge in [-0.25, -0.2) is 9.79 Å². The third-order valence-corrected chi connectivity index (χ3v) is 6.52. The Kier molecular flexibility index (Phi) is 7.20. The molecule has 2 aromatic carbocycles. The van der Waals surface area contributed by atoms with Crippen LogP contribution >= 0.6 is 11.9 Å². The molecule has 1 amide bonds. The summed E-state index contributed by atoms with van der Waals surface area (Å²) in [5, 5.41) is 8.73. The molecule has 0 saturated carbocycles. The van der Waals surface area contributed by atoms with Crippen molar-refractivity contribution in [1.82, 2.24) is 14.7 Å². The number of hydroxylamine groups is 1. The first kappa shape index (κ1) is 21.1. The van der Waals surface area contributed by atoms with Crippen molar-refractivity contribution in [3.8, 4) is 11.1 Å². The van der Waals surface area contributed by atoms with Gasteiger partial charge >= 0.3 is 0 Å². The van der Waals surface area contributed by atoms with E-state index < -0.39 is 5.91 Å². The second kappa shape index (κ2) is 10.2. The third-order valence-electron chi connectivity index (χ3n) is 5.45. The second-order valence-electron chi connectivity index (χ2n) is 7.51. The summed E-state index contributed by atoms with van der Waals surface area (Å²) in [5.74, 6) is -0.403. The van der Waals surface area contributed by atoms with Crippen molar-refractivity contribution in [3.05, 3.63) is 65.7 Å². The number of ether oxygens (including phenoxy) is 1. The lowest BCUT2D eigenvalue weighted by molar-refractivity contribution is -0.125. The number of hydrogen-bond acceptors (Lipinski definition) is 6. The van der Waals surface area contributed by atoms with Gasteiger partial charge in [0.25, 0.3) is 5.91 Å². The van der Waals surface area contributed by atoms with E-state index in [4.69, 9.17) is 9.94 Å². The molecule has 0 aliphatic carbocycles. The molecule has 4 rings (SSSR count). The summed E-state index contributed by atoms with van der Waals surface area (Å²) in [6.07, 6.45) is 2.50. The van der Waals surface area contributed by atoms with E-state index in [2.05, 4.69) is 57.7 Å². The molecule has 1 fully saturated rings. The molecule has 2 heterocycles. The molecule has 0 atom stereocenters. The third kappa shape index (κ3) is 5.50. The second-order valence-corrected chi connectivity index (χ2v) is 8.68. The maximum absolute atomic E-state index is 11.5. The fourth-order valence-corrected chi connectivity index (χ4v) is 4.58. The predicted molar refractivity (Wildman–Crippen MR) is 118 cm³/mol. The van der Waals surface area contributed by atoms with Crippen LogP contribution in [0.3, 0.4) is 0 Å². The van der Waals surface area contributed by atoms with Gasteiger partial charge in [0, 0.05) is 43.2 Å². The average Bonchev–Trinajstić information content (AvgIpc) is 2.81. The number of nitrogens with zero attached hydrogens (tertiary/aromatic N) is 2. The first-order valence-electron chi connectivity index (χ1n) is 10.3. The van der Waals surface area contributed by atoms with E-state index in [0.29, 0.717) is 18.5 Å². The van der Waals surface area contributed by atoms with Crippen molar-refractivity contribution in [1.29, 1.82) is 0 Å². The van der Waals surface area contributed by atoms with Gasteiger partial charge in [-0.05, 0) is 47.2 Å². The van der Waals surface area contributed by atoms with Crippen LogP contribution in [0.5, 0.6) is 0 Å². The summed E-state index contributed by atoms with van der Waals surface area (Å²) in [7, 11) is 0. The normalized spacial score (nSPS) is 18.1. The van der Waals surface area contributed by atoms with Gasteiger partial charge < -0.3 is 4.74 Å². The molecule has 0 radical (unpaired) electrons. The summed E-state index contributed by atoms with van der Waals surface area (Å²) in [6, 6.07) is 17.4. The molecule has 0 aromatic heterocycles. The van der Waals surface area contributed by atoms with Crippen molar-refractivity contribution >= 4 is 17.9 Å². The van der Waals surface area contributed by atoms with Crippen molar-refractivity contribution in [2.24, 2.45) is 0 Å². The minimum Gasteiger partial charge on any atom is -0.379 e. The highest BCUT2D eigenvalue weighted by Gasteiger charge is 2.17. The number of benzene rings is 2. The van der Waals surface area contributed by atoms with E-state index in [1.54, 1.807) is 17.4 Å². The molecule has 1 saturated heterocycles. The van der Waals surface area contributed by atoms with E-state index >= 15 is 0 Å². The topological polar surface area (TPSA) is 65.0 Å². The quantitative estimate of drug-likeness (QED) is 0.421. The molecule has 7 heteroatoms. The number of morpholine rings is 1. The van der Waals surface area contributed by atoms with E-state index in [-0.39, 0.29) is 0 Å². The van der Waals surface area contributed by atoms with Crippen LogP contribution in [0.1, 0.15) is 12.0 Å². The molecule has 0 unspecified atom stereocenters. The molecule has 6 nitrogen and oxygen atoms in total. The van der Waals surface area contributed by atoms with Gasteiger partial charge in [-0.2, -0.15) is 0 Å². The fraction of sp³-hybridized carbons (Fsp3) is 0.348. The predicted octanol–water partition coefficient (Wildman–Crippen LogP) is 3.33. The number of nitrogens with one attached hydrogen (secondary N) is 1. The highest BCUT2D eigenvalue weighted by molar-refractivity contribution is 7.97. The summed E-state index contributed by atoms with van der Waals surface area (Å²) in [4.78, 5) is 15.1. The molecule has 2 N–H and O–H groups in total. The van der Waals surface area contributed by atoms with E-state index in [1.807, 2.05) is 6.08 Å². The number of rotatable bonds is 6. The van der Waals surface area contributed by atoms with Gasteiger partial charge in [0.1, 0.15) is 0 Å². The van der Waals surface area contributed by atoms with E-state index in [0.717, 1.165) is 39.4 Å². The van der Waals surface area contributed by atoms with Crippen LogP contribution in [0.2, 0.25) is 0 Å². The Morgan fingerprint density at radius 2 is 1.67 bits per heavy atom. The Morgan fingerprint density at radius 3 is 2.27 bits per heavy atom. The molecular formula is C23H27N3O3S. The van der Waals surface area contributed by atoms with Crippen LogP contribution in [0.4, 0.5) is 0 Å². The standard InChI is InChI=1S/C23H27N3O3S/c27-23(24-28)21-9-11-26(12-10-21)30-22-7-5-20(6-8-22)19-3-1-18(2-4-19)17-25-13-15-29-16-14-25/h1-9,28H,10-17H2,(H,24,27). The Hall–Kier alpha value is -2.16. The maximum Gasteiger partial charge on any atom is 0.270 e. The Morgan fingerprint density at radius 1 is 1.00 bits per heavy atom. The highest BCUT2D eigenvalue weighted by Crippen LogP contribution is 2.29. The SMILES string of the molecule is O=C(NO)C1=CCN(Sc2ccc(-c3ccc(CN4CCOCC4)cc3)cc2)CC1. The highest BCUT2D eigenvalue weighted by atomic mass is 32.2. The van der Waals surface area contributed by atoms with Gasteiger partial charge in [-0.3, -0.25) is 14.9 Å². The molecule has 30 heavy (non-hydrogen) atoms. The van der Waals surface area contributed by atoms with Gasteiger partial charge in [0.15, 0.2) is 0 Å². The van der Waals surface area contributed by atoms with Gasteiger partial charge in [0.05, 0.1) is 13.2 Å². The smallest absolute Gasteiger partial charge is 0.270 e. The number of carbonyl (C=O) groups is 1. The maximum atomic E-state index is 11.5. The summed E-state index contributed by atoms with van der Waals surface area (Å²) in [5.41, 5.74) is 6.11. The van der Waals surface area contributed by atoms with Crippen molar-refractivity contribution < 1.29 is 14.7 Å². The molecule has 158 valence electrons. The zero-order valence-corrected chi connectivity index (χ0v) is 17.7. The largest absolute Gasteiger partial charge is 0.379 e. The summed E-state index contributed by atoms with van der Waals surface area (Å²) < 4.78 is 7.63. The van der Waals surface area contributed by atoms with Crippen molar-refractivity contribution in [2.75, 3.05) is 39.4 Å². The Labute approximate surface area is 181 Å². The lowest BCUT2D eigenvalue weighted by Gasteiger charge is -2.26. The first-order chi connectivity index (χ1) is 14.7. The lowest BCUT2D eigenvalue weighted by atomic mass is 10.0. The average molecular weight is 426 g/mol. The zero-order valence-electron chi connectivity index (χ0n) is 16.9. The summed E-state index contributed by atoms with van der Waals surface area (Å²) >= 11 is 1.69. The van der Waals surface area contributed by atoms with Crippen LogP contribution in [0.25, 0.3) is 11.1 Å². The number of amides is 1. The van der Waals surface area contributed by atoms with Crippen molar-refractivity contribution in [2.45, 2.75) is 17.9 Å². The van der Waals surface area contributed by atoms with Gasteiger partial charge in [-0.15, -0.1) is 0 Å². The molecular weight excluding hydrogens is 398 g/mol. The molecule has 0 spiro atoms. The Balaban J connectivity index is 1.32. The van der Waals surface area contributed by atoms with Crippen LogP contribution in [-0.2, 0) is 16.1 Å². The fourth-order valence-electron chi connectivity index (χ4n) is 3.69. The first-order valence-corrected chi connectivity index (χ1v) is 11.0. The number of carbonyl (C=O) groups excluding carboxylic acids is 1. The molecule has 2 aliphatic rings. The monoisotopic (exact) mass is 425 g/mol. The van der Waals surface area contributed by atoms with E-state index in [9.17, 15) is 4.79 Å². The van der Waals surface area contributed by atoms with Crippen LogP contribution in [0, 0.1) is 0 Å². The van der Waals surface area contributed by atoms with Gasteiger partial charge in [0.2, 0.25) is 0 Å². The van der Waals surface area contributed by atoms with Crippen LogP contribution in [0.15, 0.2) is 65.1 Å². The summed E-state index contributed by atoms with van der Waals surface area (Å²) in [6.45, 7) is 6.10. The number of hydrogen-bond donors (Lipinski definition) is 2. The minimum atomic E-state index is -0.403. The lowest BCUT2D eigenvalue weighted by Crippen LogP contribution is -2.35. The Bertz CT molecular complexity index is 878. The molecule has 2 aliphatic heterocycles. The van der Waals surface area contributed by atoms with E-state index in [1.165, 1.54) is 21.6 Å². The van der Waals surface area contributed by atoms with Crippen LogP contribution in [-0.4, -0.2) is 59.7 Å². The molecule has 0 bridgehead atoms. The molecule has 2 aromatic rings. The zero-order chi connectivity index (χ0) is 20.8. The van der Waals surface area contributed by atoms with Crippen LogP contribution < -0.4 is 5.48 Å². The van der Waals surface area contributed by atoms with Gasteiger partial charge in [-0.1, -0.05) is 42.5 Å². The van der Waals surface area contributed by atoms with Crippen molar-refractivity contribution in [3.63, 3.8) is 0 Å².